The van der Waals surface area contributed by atoms with Gasteiger partial charge in [0.25, 0.3) is 0 Å². The Morgan fingerprint density at radius 3 is 3.15 bits per heavy atom. The van der Waals surface area contributed by atoms with Crippen molar-refractivity contribution in [3.63, 3.8) is 0 Å². The molecule has 4 nitrogen and oxygen atoms in total. The number of rotatable bonds is 3. The summed E-state index contributed by atoms with van der Waals surface area (Å²) in [6.45, 7) is 3.81. The van der Waals surface area contributed by atoms with E-state index in [2.05, 4.69) is 22.6 Å². The van der Waals surface area contributed by atoms with Gasteiger partial charge in [-0.3, -0.25) is 4.79 Å². The zero-order valence-electron chi connectivity index (χ0n) is 12.1. The summed E-state index contributed by atoms with van der Waals surface area (Å²) >= 11 is 0. The molecular weight excluding hydrogens is 250 g/mol. The van der Waals surface area contributed by atoms with Gasteiger partial charge in [-0.2, -0.15) is 0 Å². The highest BCUT2D eigenvalue weighted by Crippen LogP contribution is 2.31. The van der Waals surface area contributed by atoms with E-state index >= 15 is 0 Å². The minimum Gasteiger partial charge on any atom is -0.384 e. The molecular formula is C16H23N3O. The zero-order chi connectivity index (χ0) is 13.9. The third-order valence-electron chi connectivity index (χ3n) is 4.44. The lowest BCUT2D eigenvalue weighted by Gasteiger charge is -2.30. The Balaban J connectivity index is 1.55. The first kappa shape index (κ1) is 13.4. The summed E-state index contributed by atoms with van der Waals surface area (Å²) in [7, 11) is 2.16. The van der Waals surface area contributed by atoms with Gasteiger partial charge in [0.15, 0.2) is 0 Å². The highest BCUT2D eigenvalue weighted by Gasteiger charge is 2.28. The van der Waals surface area contributed by atoms with E-state index < -0.39 is 0 Å². The maximum Gasteiger partial charge on any atom is 0.229 e. The molecule has 2 aliphatic heterocycles. The van der Waals surface area contributed by atoms with E-state index in [9.17, 15) is 4.79 Å². The van der Waals surface area contributed by atoms with Gasteiger partial charge in [0.2, 0.25) is 5.91 Å². The van der Waals surface area contributed by atoms with E-state index in [1.54, 1.807) is 0 Å². The highest BCUT2D eigenvalue weighted by molar-refractivity contribution is 5.88. The molecule has 1 amide bonds. The second kappa shape index (κ2) is 5.83. The van der Waals surface area contributed by atoms with Crippen LogP contribution in [0.25, 0.3) is 0 Å². The molecule has 2 atom stereocenters. The second-order valence-electron chi connectivity index (χ2n) is 6.04. The summed E-state index contributed by atoms with van der Waals surface area (Å²) in [4.78, 5) is 14.7. The van der Waals surface area contributed by atoms with Crippen LogP contribution in [0.2, 0.25) is 0 Å². The Morgan fingerprint density at radius 2 is 2.30 bits per heavy atom. The fourth-order valence-electron chi connectivity index (χ4n) is 3.33. The molecule has 108 valence electrons. The number of nitrogens with zero attached hydrogens (tertiary/aromatic N) is 1. The second-order valence-corrected chi connectivity index (χ2v) is 6.04. The molecule has 2 N–H and O–H groups in total. The Morgan fingerprint density at radius 1 is 1.45 bits per heavy atom. The van der Waals surface area contributed by atoms with Crippen molar-refractivity contribution in [2.45, 2.75) is 18.8 Å². The van der Waals surface area contributed by atoms with Gasteiger partial charge >= 0.3 is 0 Å². The Hall–Kier alpha value is -1.55. The number of nitrogens with one attached hydrogen (secondary N) is 2. The van der Waals surface area contributed by atoms with Gasteiger partial charge in [-0.15, -0.1) is 0 Å². The predicted molar refractivity (Wildman–Crippen MR) is 80.9 cm³/mol. The number of fused-ring (bicyclic) bond motifs is 1. The smallest absolute Gasteiger partial charge is 0.229 e. The van der Waals surface area contributed by atoms with Crippen LogP contribution >= 0.6 is 0 Å². The third kappa shape index (κ3) is 2.80. The first-order chi connectivity index (χ1) is 9.74. The van der Waals surface area contributed by atoms with Crippen LogP contribution in [0.5, 0.6) is 0 Å². The van der Waals surface area contributed by atoms with Crippen molar-refractivity contribution >= 4 is 11.6 Å². The molecule has 1 aromatic carbocycles. The van der Waals surface area contributed by atoms with Gasteiger partial charge in [0.1, 0.15) is 0 Å². The highest BCUT2D eigenvalue weighted by atomic mass is 16.1. The van der Waals surface area contributed by atoms with Crippen LogP contribution in [-0.2, 0) is 4.79 Å². The van der Waals surface area contributed by atoms with Crippen LogP contribution in [0.3, 0.4) is 0 Å². The standard InChI is InChI=1S/C16H23N3O/c1-19-8-4-5-12(11-19)9-18-16(20)14-10-17-15-7-3-2-6-13(14)15/h2-3,6-7,12,14,17H,4-5,8-11H2,1H3,(H,18,20). The van der Waals surface area contributed by atoms with Gasteiger partial charge in [0.05, 0.1) is 5.92 Å². The Kier molecular flexibility index (Phi) is 3.92. The number of piperidine rings is 1. The lowest BCUT2D eigenvalue weighted by atomic mass is 9.97. The summed E-state index contributed by atoms with van der Waals surface area (Å²) in [6, 6.07) is 8.10. The van der Waals surface area contributed by atoms with Crippen LogP contribution in [-0.4, -0.2) is 44.0 Å². The van der Waals surface area contributed by atoms with Crippen molar-refractivity contribution in [3.8, 4) is 0 Å². The summed E-state index contributed by atoms with van der Waals surface area (Å²) in [5.41, 5.74) is 2.23. The average molecular weight is 273 g/mol. The fourth-order valence-corrected chi connectivity index (χ4v) is 3.33. The fraction of sp³-hybridized carbons (Fsp3) is 0.562. The van der Waals surface area contributed by atoms with Gasteiger partial charge in [-0.25, -0.2) is 0 Å². The molecule has 0 spiro atoms. The third-order valence-corrected chi connectivity index (χ3v) is 4.44. The van der Waals surface area contributed by atoms with E-state index in [1.165, 1.54) is 19.4 Å². The summed E-state index contributed by atoms with van der Waals surface area (Å²) in [5.74, 6) is 0.727. The van der Waals surface area contributed by atoms with Crippen LogP contribution in [0.4, 0.5) is 5.69 Å². The number of hydrogen-bond acceptors (Lipinski definition) is 3. The number of amides is 1. The number of carbonyl (C=O) groups is 1. The molecule has 2 aliphatic rings. The first-order valence-corrected chi connectivity index (χ1v) is 7.53. The maximum absolute atomic E-state index is 12.4. The monoisotopic (exact) mass is 273 g/mol. The number of para-hydroxylation sites is 1. The lowest BCUT2D eigenvalue weighted by molar-refractivity contribution is -0.122. The topological polar surface area (TPSA) is 44.4 Å². The van der Waals surface area contributed by atoms with Gasteiger partial charge in [-0.1, -0.05) is 18.2 Å². The first-order valence-electron chi connectivity index (χ1n) is 7.53. The Labute approximate surface area is 120 Å². The molecule has 1 fully saturated rings. The molecule has 1 aromatic rings. The van der Waals surface area contributed by atoms with Crippen molar-refractivity contribution in [1.82, 2.24) is 10.2 Å². The van der Waals surface area contributed by atoms with E-state index in [0.29, 0.717) is 5.92 Å². The van der Waals surface area contributed by atoms with E-state index in [4.69, 9.17) is 0 Å². The van der Waals surface area contributed by atoms with Crippen LogP contribution in [0, 0.1) is 5.92 Å². The SMILES string of the molecule is CN1CCCC(CNC(=O)C2CNc3ccccc32)C1. The lowest BCUT2D eigenvalue weighted by Crippen LogP contribution is -2.40. The minimum atomic E-state index is -0.0347. The number of likely N-dealkylation sites (tertiary alicyclic amines) is 1. The molecule has 4 heteroatoms. The van der Waals surface area contributed by atoms with Gasteiger partial charge < -0.3 is 15.5 Å². The molecule has 2 heterocycles. The maximum atomic E-state index is 12.4. The molecule has 0 saturated carbocycles. The quantitative estimate of drug-likeness (QED) is 0.880. The average Bonchev–Trinajstić information content (AvgIpc) is 2.89. The largest absolute Gasteiger partial charge is 0.384 e. The van der Waals surface area contributed by atoms with Gasteiger partial charge in [0, 0.05) is 25.3 Å². The molecule has 20 heavy (non-hydrogen) atoms. The molecule has 0 radical (unpaired) electrons. The van der Waals surface area contributed by atoms with E-state index in [0.717, 1.165) is 30.9 Å². The van der Waals surface area contributed by atoms with Crippen molar-refractivity contribution in [2.75, 3.05) is 38.5 Å². The number of anilines is 1. The van der Waals surface area contributed by atoms with Crippen molar-refractivity contribution in [1.29, 1.82) is 0 Å². The summed E-state index contributed by atoms with van der Waals surface area (Å²) < 4.78 is 0. The molecule has 1 saturated heterocycles. The van der Waals surface area contributed by atoms with Crippen LogP contribution in [0.15, 0.2) is 24.3 Å². The van der Waals surface area contributed by atoms with Crippen molar-refractivity contribution in [2.24, 2.45) is 5.92 Å². The molecule has 0 bridgehead atoms. The van der Waals surface area contributed by atoms with Crippen molar-refractivity contribution < 1.29 is 4.79 Å². The molecule has 3 rings (SSSR count). The number of carbonyl (C=O) groups excluding carboxylic acids is 1. The van der Waals surface area contributed by atoms with Crippen molar-refractivity contribution in [3.05, 3.63) is 29.8 Å². The normalized spacial score (nSPS) is 25.9. The zero-order valence-corrected chi connectivity index (χ0v) is 12.1. The predicted octanol–water partition coefficient (Wildman–Crippen LogP) is 1.65. The van der Waals surface area contributed by atoms with Gasteiger partial charge in [-0.05, 0) is 44.0 Å². The summed E-state index contributed by atoms with van der Waals surface area (Å²) in [6.07, 6.45) is 2.47. The number of hydrogen-bond donors (Lipinski definition) is 2. The molecule has 2 unspecified atom stereocenters. The Bertz CT molecular complexity index is 488. The van der Waals surface area contributed by atoms with Crippen LogP contribution < -0.4 is 10.6 Å². The van der Waals surface area contributed by atoms with Crippen LogP contribution in [0.1, 0.15) is 24.3 Å². The number of benzene rings is 1. The van der Waals surface area contributed by atoms with E-state index in [1.807, 2.05) is 24.3 Å². The molecule has 0 aliphatic carbocycles. The van der Waals surface area contributed by atoms with E-state index in [-0.39, 0.29) is 11.8 Å². The summed E-state index contributed by atoms with van der Waals surface area (Å²) in [5, 5.41) is 6.46. The minimum absolute atomic E-state index is 0.0347. The molecule has 0 aromatic heterocycles.